The Morgan fingerprint density at radius 1 is 0.893 bits per heavy atom. The van der Waals surface area contributed by atoms with Gasteiger partial charge in [-0.2, -0.15) is 13.2 Å². The summed E-state index contributed by atoms with van der Waals surface area (Å²) in [4.78, 5) is 21.0. The topological polar surface area (TPSA) is 76.5 Å². The number of halogens is 3. The largest absolute Gasteiger partial charge is 0.417 e. The molecule has 140 valence electrons. The molecule has 0 bridgehead atoms. The molecule has 6 nitrogen and oxygen atoms in total. The summed E-state index contributed by atoms with van der Waals surface area (Å²) >= 11 is 0. The lowest BCUT2D eigenvalue weighted by atomic mass is 10.1. The molecule has 4 rings (SSSR count). The number of rotatable bonds is 3. The summed E-state index contributed by atoms with van der Waals surface area (Å²) in [5, 5.41) is 2.93. The van der Waals surface area contributed by atoms with Crippen molar-refractivity contribution in [1.82, 2.24) is 24.9 Å². The normalized spacial score (nSPS) is 11.6. The summed E-state index contributed by atoms with van der Waals surface area (Å²) in [6, 6.07) is 7.77. The van der Waals surface area contributed by atoms with Gasteiger partial charge in [0.25, 0.3) is 0 Å². The van der Waals surface area contributed by atoms with Gasteiger partial charge in [-0.3, -0.25) is 9.97 Å². The van der Waals surface area contributed by atoms with Gasteiger partial charge >= 0.3 is 6.18 Å². The molecule has 0 amide bonds. The van der Waals surface area contributed by atoms with Crippen LogP contribution in [0.4, 0.5) is 24.8 Å². The molecule has 0 radical (unpaired) electrons. The van der Waals surface area contributed by atoms with E-state index in [1.54, 1.807) is 12.4 Å². The second kappa shape index (κ2) is 6.84. The van der Waals surface area contributed by atoms with Crippen LogP contribution in [-0.4, -0.2) is 24.9 Å². The number of nitrogens with zero attached hydrogens (tertiary/aromatic N) is 5. The molecule has 0 atom stereocenters. The maximum Gasteiger partial charge on any atom is 0.417 e. The van der Waals surface area contributed by atoms with E-state index in [2.05, 4.69) is 30.2 Å². The molecule has 0 aromatic carbocycles. The van der Waals surface area contributed by atoms with E-state index in [0.29, 0.717) is 17.1 Å². The van der Waals surface area contributed by atoms with E-state index in [0.717, 1.165) is 28.9 Å². The quantitative estimate of drug-likeness (QED) is 0.560. The number of pyridine rings is 3. The second-order valence-corrected chi connectivity index (χ2v) is 6.02. The summed E-state index contributed by atoms with van der Waals surface area (Å²) in [5.41, 5.74) is 2.80. The molecule has 0 saturated heterocycles. The second-order valence-electron chi connectivity index (χ2n) is 6.02. The highest BCUT2D eigenvalue weighted by Gasteiger charge is 2.30. The summed E-state index contributed by atoms with van der Waals surface area (Å²) in [6.07, 6.45) is 1.10. The average molecular weight is 382 g/mol. The maximum atomic E-state index is 12.7. The first-order valence-corrected chi connectivity index (χ1v) is 8.25. The fourth-order valence-electron chi connectivity index (χ4n) is 2.71. The third-order valence-electron chi connectivity index (χ3n) is 4.15. The molecule has 0 aliphatic carbocycles. The van der Waals surface area contributed by atoms with Crippen LogP contribution in [0, 0.1) is 6.92 Å². The SMILES string of the molecule is Cc1c(Nc2ccc(C(F)(F)F)cn2)ncnc1-c1cnc2cccnc2c1. The van der Waals surface area contributed by atoms with Crippen LogP contribution in [0.5, 0.6) is 0 Å². The van der Waals surface area contributed by atoms with Crippen LogP contribution in [-0.2, 0) is 6.18 Å². The Bertz CT molecular complexity index is 1140. The molecule has 0 aliphatic heterocycles. The fourth-order valence-corrected chi connectivity index (χ4v) is 2.71. The zero-order chi connectivity index (χ0) is 19.7. The van der Waals surface area contributed by atoms with E-state index in [-0.39, 0.29) is 5.82 Å². The molecule has 0 saturated carbocycles. The predicted octanol–water partition coefficient (Wildman–Crippen LogP) is 4.55. The van der Waals surface area contributed by atoms with Crippen molar-refractivity contribution in [1.29, 1.82) is 0 Å². The molecule has 0 fully saturated rings. The number of hydrogen-bond donors (Lipinski definition) is 1. The van der Waals surface area contributed by atoms with Crippen molar-refractivity contribution in [3.8, 4) is 11.3 Å². The highest BCUT2D eigenvalue weighted by Crippen LogP contribution is 2.30. The lowest BCUT2D eigenvalue weighted by Crippen LogP contribution is -2.06. The van der Waals surface area contributed by atoms with Crippen LogP contribution < -0.4 is 5.32 Å². The van der Waals surface area contributed by atoms with Crippen LogP contribution in [0.25, 0.3) is 22.3 Å². The van der Waals surface area contributed by atoms with Crippen LogP contribution in [0.2, 0.25) is 0 Å². The van der Waals surface area contributed by atoms with Gasteiger partial charge in [-0.15, -0.1) is 0 Å². The van der Waals surface area contributed by atoms with E-state index in [1.807, 2.05) is 25.1 Å². The van der Waals surface area contributed by atoms with Gasteiger partial charge in [0.15, 0.2) is 0 Å². The Balaban J connectivity index is 1.66. The number of aromatic nitrogens is 5. The number of fused-ring (bicyclic) bond motifs is 1. The van der Waals surface area contributed by atoms with Crippen LogP contribution in [0.3, 0.4) is 0 Å². The molecular formula is C19H13F3N6. The van der Waals surface area contributed by atoms with Gasteiger partial charge in [0.2, 0.25) is 0 Å². The van der Waals surface area contributed by atoms with Gasteiger partial charge in [0.1, 0.15) is 18.0 Å². The van der Waals surface area contributed by atoms with Crippen LogP contribution in [0.1, 0.15) is 11.1 Å². The summed E-state index contributed by atoms with van der Waals surface area (Å²) in [7, 11) is 0. The number of nitrogens with one attached hydrogen (secondary N) is 1. The average Bonchev–Trinajstić information content (AvgIpc) is 2.69. The third kappa shape index (κ3) is 3.46. The number of hydrogen-bond acceptors (Lipinski definition) is 6. The first kappa shape index (κ1) is 17.8. The molecule has 1 N–H and O–H groups in total. The van der Waals surface area contributed by atoms with E-state index >= 15 is 0 Å². The van der Waals surface area contributed by atoms with Crippen molar-refractivity contribution >= 4 is 22.7 Å². The minimum Gasteiger partial charge on any atom is -0.325 e. The Morgan fingerprint density at radius 3 is 2.50 bits per heavy atom. The Labute approximate surface area is 157 Å². The zero-order valence-electron chi connectivity index (χ0n) is 14.6. The Kier molecular flexibility index (Phi) is 4.34. The summed E-state index contributed by atoms with van der Waals surface area (Å²) in [6.45, 7) is 1.81. The van der Waals surface area contributed by atoms with Gasteiger partial charge in [-0.1, -0.05) is 0 Å². The molecule has 0 spiro atoms. The summed E-state index contributed by atoms with van der Waals surface area (Å²) < 4.78 is 38.0. The van der Waals surface area contributed by atoms with Crippen molar-refractivity contribution < 1.29 is 13.2 Å². The monoisotopic (exact) mass is 382 g/mol. The predicted molar refractivity (Wildman–Crippen MR) is 97.8 cm³/mol. The van der Waals surface area contributed by atoms with Crippen molar-refractivity contribution in [2.75, 3.05) is 5.32 Å². The standard InChI is InChI=1S/C19H13F3N6/c1-11-17(12-7-15-14(24-8-12)3-2-6-23-15)26-10-27-18(11)28-16-5-4-13(9-25-16)19(20,21)22/h2-10H,1H3,(H,25,26,27,28). The van der Waals surface area contributed by atoms with E-state index < -0.39 is 11.7 Å². The molecule has 9 heteroatoms. The van der Waals surface area contributed by atoms with E-state index in [1.165, 1.54) is 12.4 Å². The van der Waals surface area contributed by atoms with Gasteiger partial charge in [-0.05, 0) is 37.3 Å². The van der Waals surface area contributed by atoms with Gasteiger partial charge in [0, 0.05) is 29.7 Å². The van der Waals surface area contributed by atoms with Crippen molar-refractivity contribution in [2.24, 2.45) is 0 Å². The molecule has 28 heavy (non-hydrogen) atoms. The van der Waals surface area contributed by atoms with E-state index in [4.69, 9.17) is 0 Å². The first-order valence-electron chi connectivity index (χ1n) is 8.25. The minimum absolute atomic E-state index is 0.249. The van der Waals surface area contributed by atoms with Gasteiger partial charge in [-0.25, -0.2) is 15.0 Å². The highest BCUT2D eigenvalue weighted by molar-refractivity contribution is 5.80. The van der Waals surface area contributed by atoms with Gasteiger partial charge < -0.3 is 5.32 Å². The Morgan fingerprint density at radius 2 is 1.75 bits per heavy atom. The summed E-state index contributed by atoms with van der Waals surface area (Å²) in [5.74, 6) is 0.692. The molecule has 0 unspecified atom stereocenters. The lowest BCUT2D eigenvalue weighted by Gasteiger charge is -2.12. The fraction of sp³-hybridized carbons (Fsp3) is 0.105. The van der Waals surface area contributed by atoms with Crippen LogP contribution in [0.15, 0.2) is 55.2 Å². The molecule has 0 aliphatic rings. The maximum absolute atomic E-state index is 12.7. The Hall–Kier alpha value is -3.62. The van der Waals surface area contributed by atoms with Gasteiger partial charge in [0.05, 0.1) is 22.3 Å². The first-order chi connectivity index (χ1) is 13.4. The van der Waals surface area contributed by atoms with E-state index in [9.17, 15) is 13.2 Å². The third-order valence-corrected chi connectivity index (χ3v) is 4.15. The number of anilines is 2. The van der Waals surface area contributed by atoms with Crippen molar-refractivity contribution in [3.63, 3.8) is 0 Å². The highest BCUT2D eigenvalue weighted by atomic mass is 19.4. The molecular weight excluding hydrogens is 369 g/mol. The smallest absolute Gasteiger partial charge is 0.325 e. The molecule has 4 aromatic heterocycles. The zero-order valence-corrected chi connectivity index (χ0v) is 14.6. The molecule has 4 heterocycles. The number of alkyl halides is 3. The van der Waals surface area contributed by atoms with Crippen LogP contribution >= 0.6 is 0 Å². The molecule has 4 aromatic rings. The minimum atomic E-state index is -4.43. The lowest BCUT2D eigenvalue weighted by molar-refractivity contribution is -0.137. The van der Waals surface area contributed by atoms with Crippen molar-refractivity contribution in [3.05, 3.63) is 66.4 Å². The van der Waals surface area contributed by atoms with Crippen molar-refractivity contribution in [2.45, 2.75) is 13.1 Å².